The molecule has 24 heavy (non-hydrogen) atoms. The highest BCUT2D eigenvalue weighted by molar-refractivity contribution is 5.76. The van der Waals surface area contributed by atoms with Crippen molar-refractivity contribution in [2.75, 3.05) is 19.0 Å². The minimum atomic E-state index is -0.422. The number of nitrogens with one attached hydrogen (secondary N) is 1. The molecule has 0 saturated carbocycles. The fraction of sp³-hybridized carbons (Fsp3) is 0.333. The van der Waals surface area contributed by atoms with E-state index in [1.54, 1.807) is 7.11 Å². The van der Waals surface area contributed by atoms with E-state index in [9.17, 15) is 5.11 Å². The van der Waals surface area contributed by atoms with Gasteiger partial charge in [0.25, 0.3) is 0 Å². The number of aliphatic hydroxyl groups excluding tert-OH is 1. The molecule has 1 aliphatic rings. The summed E-state index contributed by atoms with van der Waals surface area (Å²) in [6.45, 7) is 4.86. The molecule has 0 heterocycles. The summed E-state index contributed by atoms with van der Waals surface area (Å²) in [6, 6.07) is 16.3. The van der Waals surface area contributed by atoms with E-state index in [0.717, 1.165) is 17.9 Å². The number of anilines is 1. The maximum absolute atomic E-state index is 10.5. The summed E-state index contributed by atoms with van der Waals surface area (Å²) >= 11 is 0. The third-order valence-electron chi connectivity index (χ3n) is 5.00. The molecule has 2 aromatic carbocycles. The number of hydrogen-bond acceptors (Lipinski definition) is 3. The number of rotatable bonds is 6. The maximum atomic E-state index is 10.5. The van der Waals surface area contributed by atoms with Crippen LogP contribution in [0.4, 0.5) is 5.69 Å². The van der Waals surface area contributed by atoms with Crippen molar-refractivity contribution in [2.45, 2.75) is 32.3 Å². The summed E-state index contributed by atoms with van der Waals surface area (Å²) in [4.78, 5) is 0. The Morgan fingerprint density at radius 2 is 1.79 bits per heavy atom. The van der Waals surface area contributed by atoms with Crippen molar-refractivity contribution >= 4 is 11.3 Å². The second-order valence-corrected chi connectivity index (χ2v) is 6.42. The van der Waals surface area contributed by atoms with Gasteiger partial charge in [-0.3, -0.25) is 0 Å². The monoisotopic (exact) mass is 323 g/mol. The number of hydrogen-bond donors (Lipinski definition) is 2. The molecule has 0 unspecified atom stereocenters. The Bertz CT molecular complexity index is 751. The zero-order chi connectivity index (χ0) is 17.1. The van der Waals surface area contributed by atoms with Gasteiger partial charge >= 0.3 is 0 Å². The molecule has 1 aliphatic carbocycles. The molecule has 0 radical (unpaired) electrons. The lowest BCUT2D eigenvalue weighted by Crippen LogP contribution is -2.22. The standard InChI is InChI=1S/C21H25NO2/c1-14-15(2)19(18-9-5-4-8-17(14)18)12-16(23)13-22-20-10-6-7-11-21(20)24-3/h4-11,16,19,22-23H,12-13H2,1-3H3/t16-,19-/m0/s1. The number of aliphatic hydroxyl groups is 1. The molecule has 0 saturated heterocycles. The topological polar surface area (TPSA) is 41.5 Å². The van der Waals surface area contributed by atoms with E-state index in [2.05, 4.69) is 43.4 Å². The first-order valence-electron chi connectivity index (χ1n) is 8.43. The van der Waals surface area contributed by atoms with Crippen LogP contribution < -0.4 is 10.1 Å². The van der Waals surface area contributed by atoms with Crippen molar-refractivity contribution in [3.8, 4) is 5.75 Å². The zero-order valence-corrected chi connectivity index (χ0v) is 14.5. The van der Waals surface area contributed by atoms with Gasteiger partial charge in [-0.15, -0.1) is 0 Å². The van der Waals surface area contributed by atoms with Crippen LogP contribution in [-0.2, 0) is 0 Å². The highest BCUT2D eigenvalue weighted by Gasteiger charge is 2.27. The van der Waals surface area contributed by atoms with Crippen molar-refractivity contribution in [2.24, 2.45) is 0 Å². The molecule has 0 spiro atoms. The number of para-hydroxylation sites is 2. The van der Waals surface area contributed by atoms with E-state index >= 15 is 0 Å². The molecule has 0 aromatic heterocycles. The number of benzene rings is 2. The third-order valence-corrected chi connectivity index (χ3v) is 5.00. The smallest absolute Gasteiger partial charge is 0.141 e. The fourth-order valence-corrected chi connectivity index (χ4v) is 3.53. The van der Waals surface area contributed by atoms with E-state index < -0.39 is 6.10 Å². The predicted octanol–water partition coefficient (Wildman–Crippen LogP) is 4.45. The maximum Gasteiger partial charge on any atom is 0.141 e. The molecule has 2 aromatic rings. The van der Waals surface area contributed by atoms with E-state index in [1.165, 1.54) is 22.3 Å². The lowest BCUT2D eigenvalue weighted by Gasteiger charge is -2.20. The first kappa shape index (κ1) is 16.6. The predicted molar refractivity (Wildman–Crippen MR) is 99.6 cm³/mol. The molecule has 0 fully saturated rings. The highest BCUT2D eigenvalue weighted by Crippen LogP contribution is 2.43. The van der Waals surface area contributed by atoms with Crippen LogP contribution in [0.15, 0.2) is 54.1 Å². The summed E-state index contributed by atoms with van der Waals surface area (Å²) in [5.74, 6) is 1.10. The first-order chi connectivity index (χ1) is 11.6. The average Bonchev–Trinajstić information content (AvgIpc) is 2.85. The van der Waals surface area contributed by atoms with E-state index in [4.69, 9.17) is 4.74 Å². The summed E-state index contributed by atoms with van der Waals surface area (Å²) in [5.41, 5.74) is 6.29. The van der Waals surface area contributed by atoms with Gasteiger partial charge in [0.1, 0.15) is 5.75 Å². The molecule has 0 bridgehead atoms. The summed E-state index contributed by atoms with van der Waals surface area (Å²) < 4.78 is 5.34. The van der Waals surface area contributed by atoms with Crippen molar-refractivity contribution in [3.05, 3.63) is 65.2 Å². The molecule has 3 rings (SSSR count). The van der Waals surface area contributed by atoms with E-state index in [0.29, 0.717) is 12.5 Å². The van der Waals surface area contributed by atoms with Gasteiger partial charge in [0.15, 0.2) is 0 Å². The summed E-state index contributed by atoms with van der Waals surface area (Å²) in [6.07, 6.45) is 0.302. The number of ether oxygens (including phenoxy) is 1. The van der Waals surface area contributed by atoms with Gasteiger partial charge < -0.3 is 15.2 Å². The normalized spacial score (nSPS) is 17.6. The zero-order valence-electron chi connectivity index (χ0n) is 14.5. The Labute approximate surface area is 144 Å². The number of allylic oxidation sites excluding steroid dienone is 2. The van der Waals surface area contributed by atoms with Crippen LogP contribution in [0.2, 0.25) is 0 Å². The van der Waals surface area contributed by atoms with Crippen molar-refractivity contribution in [3.63, 3.8) is 0 Å². The second kappa shape index (κ2) is 7.10. The van der Waals surface area contributed by atoms with Crippen molar-refractivity contribution < 1.29 is 9.84 Å². The Morgan fingerprint density at radius 1 is 1.08 bits per heavy atom. The molecule has 2 N–H and O–H groups in total. The van der Waals surface area contributed by atoms with Gasteiger partial charge in [0.2, 0.25) is 0 Å². The van der Waals surface area contributed by atoms with Gasteiger partial charge in [-0.1, -0.05) is 42.0 Å². The van der Waals surface area contributed by atoms with Gasteiger partial charge in [-0.25, -0.2) is 0 Å². The third kappa shape index (κ3) is 3.17. The largest absolute Gasteiger partial charge is 0.495 e. The Kier molecular flexibility index (Phi) is 4.91. The van der Waals surface area contributed by atoms with E-state index in [1.807, 2.05) is 24.3 Å². The van der Waals surface area contributed by atoms with Crippen LogP contribution in [0.3, 0.4) is 0 Å². The minimum absolute atomic E-state index is 0.302. The number of methoxy groups -OCH3 is 1. The molecule has 3 heteroatoms. The fourth-order valence-electron chi connectivity index (χ4n) is 3.53. The molecular formula is C21H25NO2. The molecular weight excluding hydrogens is 298 g/mol. The van der Waals surface area contributed by atoms with Gasteiger partial charge in [0, 0.05) is 12.5 Å². The summed E-state index contributed by atoms with van der Waals surface area (Å²) in [7, 11) is 1.66. The van der Waals surface area contributed by atoms with Crippen molar-refractivity contribution in [1.29, 1.82) is 0 Å². The Morgan fingerprint density at radius 3 is 2.58 bits per heavy atom. The number of fused-ring (bicyclic) bond motifs is 1. The lowest BCUT2D eigenvalue weighted by molar-refractivity contribution is 0.172. The van der Waals surface area contributed by atoms with Crippen LogP contribution in [0.1, 0.15) is 37.3 Å². The van der Waals surface area contributed by atoms with Crippen LogP contribution >= 0.6 is 0 Å². The molecule has 126 valence electrons. The van der Waals surface area contributed by atoms with Crippen LogP contribution in [0.25, 0.3) is 5.57 Å². The molecule has 3 nitrogen and oxygen atoms in total. The van der Waals surface area contributed by atoms with Crippen LogP contribution in [-0.4, -0.2) is 24.9 Å². The first-order valence-corrected chi connectivity index (χ1v) is 8.43. The quantitative estimate of drug-likeness (QED) is 0.825. The summed E-state index contributed by atoms with van der Waals surface area (Å²) in [5, 5.41) is 13.8. The van der Waals surface area contributed by atoms with Gasteiger partial charge in [0.05, 0.1) is 18.9 Å². The minimum Gasteiger partial charge on any atom is -0.495 e. The van der Waals surface area contributed by atoms with Gasteiger partial charge in [-0.05, 0) is 49.1 Å². The molecule has 0 amide bonds. The second-order valence-electron chi connectivity index (χ2n) is 6.42. The van der Waals surface area contributed by atoms with Gasteiger partial charge in [-0.2, -0.15) is 0 Å². The van der Waals surface area contributed by atoms with Crippen molar-refractivity contribution in [1.82, 2.24) is 0 Å². The highest BCUT2D eigenvalue weighted by atomic mass is 16.5. The average molecular weight is 323 g/mol. The lowest BCUT2D eigenvalue weighted by atomic mass is 9.91. The molecule has 0 aliphatic heterocycles. The molecule has 2 atom stereocenters. The van der Waals surface area contributed by atoms with E-state index in [-0.39, 0.29) is 0 Å². The van der Waals surface area contributed by atoms with Crippen LogP contribution in [0, 0.1) is 0 Å². The van der Waals surface area contributed by atoms with Crippen LogP contribution in [0.5, 0.6) is 5.75 Å². The SMILES string of the molecule is COc1ccccc1NC[C@@H](O)C[C@H]1C(C)=C(C)c2ccccc21. The Balaban J connectivity index is 1.66. The Hall–Kier alpha value is -2.26.